The maximum absolute atomic E-state index is 10.7. The van der Waals surface area contributed by atoms with E-state index >= 15 is 0 Å². The van der Waals surface area contributed by atoms with Gasteiger partial charge in [-0.1, -0.05) is 53.7 Å². The van der Waals surface area contributed by atoms with Crippen molar-refractivity contribution in [3.05, 3.63) is 35.4 Å². The molecule has 1 rings (SSSR count). The minimum atomic E-state index is -0.370. The van der Waals surface area contributed by atoms with Crippen molar-refractivity contribution >= 4 is 5.91 Å². The summed E-state index contributed by atoms with van der Waals surface area (Å²) in [5.41, 5.74) is 6.89. The van der Waals surface area contributed by atoms with Gasteiger partial charge in [0.15, 0.2) is 0 Å². The van der Waals surface area contributed by atoms with Crippen molar-refractivity contribution in [1.82, 2.24) is 0 Å². The summed E-state index contributed by atoms with van der Waals surface area (Å²) >= 11 is 0. The molecule has 0 bridgehead atoms. The third-order valence-electron chi connectivity index (χ3n) is 1.86. The Morgan fingerprint density at radius 2 is 1.38 bits per heavy atom. The standard InChI is InChI=1S/C10H13NO.2C2H6/c1-7(2)8-3-5-9(6-4-8)10(11)12;2*1-2/h3-7H,1-2H3,(H2,11,12);2*1-2H3. The van der Waals surface area contributed by atoms with Gasteiger partial charge in [-0.2, -0.15) is 0 Å². The summed E-state index contributed by atoms with van der Waals surface area (Å²) in [7, 11) is 0. The van der Waals surface area contributed by atoms with Crippen LogP contribution < -0.4 is 5.73 Å². The molecule has 2 nitrogen and oxygen atoms in total. The molecule has 0 heterocycles. The monoisotopic (exact) mass is 223 g/mol. The van der Waals surface area contributed by atoms with E-state index in [9.17, 15) is 4.79 Å². The minimum Gasteiger partial charge on any atom is -0.366 e. The minimum absolute atomic E-state index is 0.370. The Bertz CT molecular complexity index is 275. The Morgan fingerprint density at radius 3 is 1.62 bits per heavy atom. The molecule has 1 amide bonds. The van der Waals surface area contributed by atoms with Crippen LogP contribution in [-0.2, 0) is 0 Å². The SMILES string of the molecule is CC.CC.CC(C)c1ccc(C(N)=O)cc1. The molecule has 0 radical (unpaired) electrons. The number of rotatable bonds is 2. The Balaban J connectivity index is 0. The maximum Gasteiger partial charge on any atom is 0.248 e. The molecule has 1 aromatic carbocycles. The van der Waals surface area contributed by atoms with Gasteiger partial charge >= 0.3 is 0 Å². The molecular weight excluding hydrogens is 198 g/mol. The van der Waals surface area contributed by atoms with Gasteiger partial charge in [0.25, 0.3) is 0 Å². The summed E-state index contributed by atoms with van der Waals surface area (Å²) in [6.07, 6.45) is 0. The highest BCUT2D eigenvalue weighted by atomic mass is 16.1. The van der Waals surface area contributed by atoms with Gasteiger partial charge in [-0.05, 0) is 23.6 Å². The summed E-state index contributed by atoms with van der Waals surface area (Å²) in [5, 5.41) is 0. The second-order valence-corrected chi connectivity index (χ2v) is 3.14. The zero-order valence-corrected chi connectivity index (χ0v) is 11.4. The van der Waals surface area contributed by atoms with Crippen molar-refractivity contribution in [2.75, 3.05) is 0 Å². The number of carbonyl (C=O) groups excluding carboxylic acids is 1. The van der Waals surface area contributed by atoms with Gasteiger partial charge in [0.05, 0.1) is 0 Å². The Morgan fingerprint density at radius 1 is 1.00 bits per heavy atom. The lowest BCUT2D eigenvalue weighted by molar-refractivity contribution is 0.100. The van der Waals surface area contributed by atoms with E-state index in [1.54, 1.807) is 12.1 Å². The summed E-state index contributed by atoms with van der Waals surface area (Å²) in [6.45, 7) is 12.2. The summed E-state index contributed by atoms with van der Waals surface area (Å²) in [5.74, 6) is 0.122. The van der Waals surface area contributed by atoms with Gasteiger partial charge in [-0.3, -0.25) is 4.79 Å². The first-order chi connectivity index (χ1) is 7.61. The van der Waals surface area contributed by atoms with Crippen molar-refractivity contribution in [2.45, 2.75) is 47.5 Å². The van der Waals surface area contributed by atoms with Crippen molar-refractivity contribution in [3.63, 3.8) is 0 Å². The molecule has 0 spiro atoms. The Kier molecular flexibility index (Phi) is 10.9. The second kappa shape index (κ2) is 10.2. The van der Waals surface area contributed by atoms with Crippen LogP contribution in [0.2, 0.25) is 0 Å². The molecule has 0 atom stereocenters. The van der Waals surface area contributed by atoms with Crippen molar-refractivity contribution in [3.8, 4) is 0 Å². The first kappa shape index (κ1) is 17.1. The predicted molar refractivity (Wildman–Crippen MR) is 71.7 cm³/mol. The maximum atomic E-state index is 10.7. The highest BCUT2D eigenvalue weighted by Gasteiger charge is 2.01. The van der Waals surface area contributed by atoms with Crippen LogP contribution in [0.3, 0.4) is 0 Å². The molecular formula is C14H25NO. The normalized spacial score (nSPS) is 8.44. The summed E-state index contributed by atoms with van der Waals surface area (Å²) < 4.78 is 0. The van der Waals surface area contributed by atoms with Gasteiger partial charge < -0.3 is 5.73 Å². The average Bonchev–Trinajstić information content (AvgIpc) is 2.34. The molecule has 2 heteroatoms. The van der Waals surface area contributed by atoms with Gasteiger partial charge in [0, 0.05) is 5.56 Å². The first-order valence-corrected chi connectivity index (χ1v) is 6.01. The zero-order valence-electron chi connectivity index (χ0n) is 11.4. The number of carbonyl (C=O) groups is 1. The second-order valence-electron chi connectivity index (χ2n) is 3.14. The van der Waals surface area contributed by atoms with Crippen molar-refractivity contribution in [2.24, 2.45) is 5.73 Å². The van der Waals surface area contributed by atoms with Gasteiger partial charge in [0.1, 0.15) is 0 Å². The van der Waals surface area contributed by atoms with Crippen LogP contribution in [0.25, 0.3) is 0 Å². The fourth-order valence-electron chi connectivity index (χ4n) is 1.03. The van der Waals surface area contributed by atoms with Crippen molar-refractivity contribution in [1.29, 1.82) is 0 Å². The molecule has 0 saturated heterocycles. The molecule has 0 aliphatic carbocycles. The van der Waals surface area contributed by atoms with E-state index in [0.29, 0.717) is 11.5 Å². The molecule has 0 saturated carbocycles. The Labute approximate surface area is 99.9 Å². The van der Waals surface area contributed by atoms with Crippen LogP contribution in [0.1, 0.15) is 63.4 Å². The topological polar surface area (TPSA) is 43.1 Å². The largest absolute Gasteiger partial charge is 0.366 e. The number of hydrogen-bond donors (Lipinski definition) is 1. The number of amides is 1. The van der Waals surface area contributed by atoms with E-state index in [0.717, 1.165) is 0 Å². The summed E-state index contributed by atoms with van der Waals surface area (Å²) in [4.78, 5) is 10.7. The number of benzene rings is 1. The summed E-state index contributed by atoms with van der Waals surface area (Å²) in [6, 6.07) is 7.39. The van der Waals surface area contributed by atoms with Gasteiger partial charge in [-0.25, -0.2) is 0 Å². The van der Waals surface area contributed by atoms with Gasteiger partial charge in [0.2, 0.25) is 5.91 Å². The molecule has 1 aromatic rings. The third-order valence-corrected chi connectivity index (χ3v) is 1.86. The van der Waals surface area contributed by atoms with Crippen LogP contribution >= 0.6 is 0 Å². The molecule has 92 valence electrons. The molecule has 0 unspecified atom stereocenters. The van der Waals surface area contributed by atoms with Crippen LogP contribution in [0, 0.1) is 0 Å². The van der Waals surface area contributed by atoms with Crippen LogP contribution in [0.4, 0.5) is 0 Å². The van der Waals surface area contributed by atoms with E-state index in [4.69, 9.17) is 5.73 Å². The smallest absolute Gasteiger partial charge is 0.248 e. The lowest BCUT2D eigenvalue weighted by Gasteiger charge is -2.04. The molecule has 2 N–H and O–H groups in total. The van der Waals surface area contributed by atoms with E-state index in [-0.39, 0.29) is 5.91 Å². The lowest BCUT2D eigenvalue weighted by Crippen LogP contribution is -2.10. The lowest BCUT2D eigenvalue weighted by atomic mass is 10.0. The van der Waals surface area contributed by atoms with E-state index < -0.39 is 0 Å². The fourth-order valence-corrected chi connectivity index (χ4v) is 1.03. The number of hydrogen-bond acceptors (Lipinski definition) is 1. The molecule has 0 fully saturated rings. The van der Waals surface area contributed by atoms with Crippen LogP contribution in [-0.4, -0.2) is 5.91 Å². The van der Waals surface area contributed by atoms with Gasteiger partial charge in [-0.15, -0.1) is 0 Å². The highest BCUT2D eigenvalue weighted by Crippen LogP contribution is 2.14. The molecule has 0 aliphatic rings. The average molecular weight is 223 g/mol. The molecule has 16 heavy (non-hydrogen) atoms. The molecule has 0 aliphatic heterocycles. The van der Waals surface area contributed by atoms with E-state index in [1.165, 1.54) is 5.56 Å². The fraction of sp³-hybridized carbons (Fsp3) is 0.500. The third kappa shape index (κ3) is 6.23. The highest BCUT2D eigenvalue weighted by molar-refractivity contribution is 5.92. The number of nitrogens with two attached hydrogens (primary N) is 1. The number of primary amides is 1. The van der Waals surface area contributed by atoms with Crippen molar-refractivity contribution < 1.29 is 4.79 Å². The van der Waals surface area contributed by atoms with Crippen LogP contribution in [0.15, 0.2) is 24.3 Å². The zero-order chi connectivity index (χ0) is 13.1. The predicted octanol–water partition coefficient (Wildman–Crippen LogP) is 3.96. The quantitative estimate of drug-likeness (QED) is 0.810. The molecule has 0 aromatic heterocycles. The Hall–Kier alpha value is -1.31. The van der Waals surface area contributed by atoms with E-state index in [2.05, 4.69) is 13.8 Å². The van der Waals surface area contributed by atoms with Crippen LogP contribution in [0.5, 0.6) is 0 Å². The first-order valence-electron chi connectivity index (χ1n) is 6.01. The van der Waals surface area contributed by atoms with E-state index in [1.807, 2.05) is 39.8 Å².